The van der Waals surface area contributed by atoms with E-state index in [4.69, 9.17) is 5.73 Å². The number of carbonyl (C=O) groups is 2. The lowest BCUT2D eigenvalue weighted by atomic mass is 9.92. The maximum atomic E-state index is 12.6. The van der Waals surface area contributed by atoms with Gasteiger partial charge in [0.1, 0.15) is 0 Å². The van der Waals surface area contributed by atoms with Crippen LogP contribution in [0.4, 0.5) is 11.4 Å². The van der Waals surface area contributed by atoms with Crippen LogP contribution in [0.5, 0.6) is 0 Å². The Morgan fingerprint density at radius 2 is 1.92 bits per heavy atom. The highest BCUT2D eigenvalue weighted by molar-refractivity contribution is 6.13. The number of aromatic amines is 1. The number of rotatable bonds is 2. The van der Waals surface area contributed by atoms with Gasteiger partial charge in [0.25, 0.3) is 0 Å². The van der Waals surface area contributed by atoms with E-state index < -0.39 is 5.92 Å². The summed E-state index contributed by atoms with van der Waals surface area (Å²) in [6, 6.07) is 13.1. The van der Waals surface area contributed by atoms with E-state index >= 15 is 0 Å². The molecule has 0 unspecified atom stereocenters. The number of benzene rings is 2. The average Bonchev–Trinajstić information content (AvgIpc) is 2.92. The van der Waals surface area contributed by atoms with Crippen molar-refractivity contribution in [2.24, 2.45) is 5.92 Å². The van der Waals surface area contributed by atoms with Gasteiger partial charge in [-0.2, -0.15) is 0 Å². The van der Waals surface area contributed by atoms with Crippen LogP contribution in [0.15, 0.2) is 48.7 Å². The van der Waals surface area contributed by atoms with Gasteiger partial charge in [0.05, 0.1) is 11.3 Å². The van der Waals surface area contributed by atoms with Crippen molar-refractivity contribution < 1.29 is 9.59 Å². The van der Waals surface area contributed by atoms with Crippen LogP contribution in [0.3, 0.4) is 0 Å². The second kappa shape index (κ2) is 5.53. The van der Waals surface area contributed by atoms with Gasteiger partial charge in [0.2, 0.25) is 5.91 Å². The number of carbonyl (C=O) groups excluding carboxylic acids is 2. The molecule has 1 atom stereocenters. The first-order valence-corrected chi connectivity index (χ1v) is 7.91. The summed E-state index contributed by atoms with van der Waals surface area (Å²) in [7, 11) is 0. The number of nitrogens with one attached hydrogen (secondary N) is 2. The summed E-state index contributed by atoms with van der Waals surface area (Å²) in [5, 5.41) is 3.94. The first-order valence-electron chi connectivity index (χ1n) is 7.91. The van der Waals surface area contributed by atoms with E-state index in [1.807, 2.05) is 30.5 Å². The number of ketones is 1. The van der Waals surface area contributed by atoms with Crippen molar-refractivity contribution >= 4 is 34.0 Å². The van der Waals surface area contributed by atoms with Crippen molar-refractivity contribution in [3.8, 4) is 0 Å². The zero-order valence-corrected chi connectivity index (χ0v) is 13.0. The fourth-order valence-electron chi connectivity index (χ4n) is 3.37. The molecular formula is C19H17N3O2. The van der Waals surface area contributed by atoms with Crippen molar-refractivity contribution in [2.75, 3.05) is 11.1 Å². The molecule has 0 bridgehead atoms. The van der Waals surface area contributed by atoms with Crippen LogP contribution < -0.4 is 11.1 Å². The third-order valence-electron chi connectivity index (χ3n) is 4.58. The van der Waals surface area contributed by atoms with Gasteiger partial charge in [-0.3, -0.25) is 9.59 Å². The molecule has 3 aromatic rings. The molecule has 2 heterocycles. The Bertz CT molecular complexity index is 958. The second-order valence-corrected chi connectivity index (χ2v) is 6.15. The topological polar surface area (TPSA) is 88.0 Å². The Labute approximate surface area is 138 Å². The molecule has 5 nitrogen and oxygen atoms in total. The molecule has 120 valence electrons. The van der Waals surface area contributed by atoms with E-state index in [2.05, 4.69) is 10.3 Å². The smallest absolute Gasteiger partial charge is 0.228 e. The summed E-state index contributed by atoms with van der Waals surface area (Å²) in [6.07, 6.45) is 2.58. The molecule has 0 spiro atoms. The first-order chi connectivity index (χ1) is 11.6. The summed E-state index contributed by atoms with van der Waals surface area (Å²) in [6.45, 7) is 0. The predicted octanol–water partition coefficient (Wildman–Crippen LogP) is 3.13. The summed E-state index contributed by atoms with van der Waals surface area (Å²) in [5.41, 5.74) is 9.33. The van der Waals surface area contributed by atoms with Crippen molar-refractivity contribution in [3.05, 3.63) is 59.8 Å². The molecule has 1 aliphatic heterocycles. The fourth-order valence-corrected chi connectivity index (χ4v) is 3.37. The Balaban J connectivity index is 1.67. The van der Waals surface area contributed by atoms with E-state index in [1.165, 1.54) is 0 Å². The van der Waals surface area contributed by atoms with Gasteiger partial charge >= 0.3 is 0 Å². The monoisotopic (exact) mass is 319 g/mol. The SMILES string of the molecule is Nc1cccc2c1C(=O)C[C@H](Cc1c[nH]c3ccccc13)C(=O)N2. The summed E-state index contributed by atoms with van der Waals surface area (Å²) >= 11 is 0. The highest BCUT2D eigenvalue weighted by Gasteiger charge is 2.30. The molecule has 1 aliphatic rings. The molecule has 5 heteroatoms. The number of hydrogen-bond donors (Lipinski definition) is 3. The maximum absolute atomic E-state index is 12.6. The number of anilines is 2. The Kier molecular flexibility index (Phi) is 3.34. The van der Waals surface area contributed by atoms with Crippen LogP contribution in [-0.4, -0.2) is 16.7 Å². The van der Waals surface area contributed by atoms with Crippen LogP contribution in [0.25, 0.3) is 10.9 Å². The van der Waals surface area contributed by atoms with Crippen LogP contribution >= 0.6 is 0 Å². The zero-order valence-electron chi connectivity index (χ0n) is 13.0. The van der Waals surface area contributed by atoms with E-state index in [0.717, 1.165) is 16.5 Å². The van der Waals surface area contributed by atoms with Crippen LogP contribution in [0, 0.1) is 5.92 Å². The van der Waals surface area contributed by atoms with Crippen molar-refractivity contribution in [3.63, 3.8) is 0 Å². The maximum Gasteiger partial charge on any atom is 0.228 e. The highest BCUT2D eigenvalue weighted by Crippen LogP contribution is 2.31. The quantitative estimate of drug-likeness (QED) is 0.634. The molecule has 1 amide bonds. The van der Waals surface area contributed by atoms with Gasteiger partial charge in [-0.1, -0.05) is 24.3 Å². The predicted molar refractivity (Wildman–Crippen MR) is 93.9 cm³/mol. The number of Topliss-reactive ketones (excluding diaryl/α,β-unsaturated/α-hetero) is 1. The Morgan fingerprint density at radius 1 is 1.08 bits per heavy atom. The number of nitrogen functional groups attached to an aromatic ring is 1. The molecule has 4 rings (SSSR count). The Hall–Kier alpha value is -3.08. The molecule has 0 saturated heterocycles. The lowest BCUT2D eigenvalue weighted by Crippen LogP contribution is -2.23. The molecule has 24 heavy (non-hydrogen) atoms. The third kappa shape index (κ3) is 2.34. The number of para-hydroxylation sites is 1. The van der Waals surface area contributed by atoms with Gasteiger partial charge in [-0.25, -0.2) is 0 Å². The normalized spacial score (nSPS) is 17.4. The molecule has 0 fully saturated rings. The van der Waals surface area contributed by atoms with Crippen LogP contribution in [0.1, 0.15) is 22.3 Å². The van der Waals surface area contributed by atoms with Gasteiger partial charge in [-0.15, -0.1) is 0 Å². The van der Waals surface area contributed by atoms with E-state index in [-0.39, 0.29) is 18.1 Å². The van der Waals surface area contributed by atoms with Gasteiger partial charge in [-0.05, 0) is 30.2 Å². The highest BCUT2D eigenvalue weighted by atomic mass is 16.2. The molecule has 4 N–H and O–H groups in total. The number of fused-ring (bicyclic) bond motifs is 2. The number of aromatic nitrogens is 1. The third-order valence-corrected chi connectivity index (χ3v) is 4.58. The lowest BCUT2D eigenvalue weighted by Gasteiger charge is -2.12. The summed E-state index contributed by atoms with van der Waals surface area (Å²) in [5.74, 6) is -0.646. The van der Waals surface area contributed by atoms with Crippen LogP contribution in [-0.2, 0) is 11.2 Å². The largest absolute Gasteiger partial charge is 0.398 e. The van der Waals surface area contributed by atoms with E-state index in [9.17, 15) is 9.59 Å². The van der Waals surface area contributed by atoms with Gasteiger partial charge in [0, 0.05) is 35.1 Å². The first kappa shape index (κ1) is 14.5. The van der Waals surface area contributed by atoms with Gasteiger partial charge < -0.3 is 16.0 Å². The number of hydrogen-bond acceptors (Lipinski definition) is 3. The lowest BCUT2D eigenvalue weighted by molar-refractivity contribution is -0.119. The van der Waals surface area contributed by atoms with Gasteiger partial charge in [0.15, 0.2) is 5.78 Å². The fraction of sp³-hybridized carbons (Fsp3) is 0.158. The van der Waals surface area contributed by atoms with Crippen molar-refractivity contribution in [1.29, 1.82) is 0 Å². The molecule has 1 aromatic heterocycles. The van der Waals surface area contributed by atoms with Crippen LogP contribution in [0.2, 0.25) is 0 Å². The second-order valence-electron chi connectivity index (χ2n) is 6.15. The molecule has 0 saturated carbocycles. The molecule has 2 aromatic carbocycles. The molecular weight excluding hydrogens is 302 g/mol. The number of nitrogens with two attached hydrogens (primary N) is 1. The zero-order chi connectivity index (χ0) is 16.7. The Morgan fingerprint density at radius 3 is 2.79 bits per heavy atom. The molecule has 0 radical (unpaired) electrons. The number of amides is 1. The van der Waals surface area contributed by atoms with Crippen molar-refractivity contribution in [1.82, 2.24) is 4.98 Å². The van der Waals surface area contributed by atoms with E-state index in [1.54, 1.807) is 18.2 Å². The minimum atomic E-state index is -0.413. The van der Waals surface area contributed by atoms with E-state index in [0.29, 0.717) is 23.4 Å². The average molecular weight is 319 g/mol. The standard InChI is InChI=1S/C19H17N3O2/c20-14-5-3-7-16-18(14)17(23)9-11(19(24)22-16)8-12-10-21-15-6-2-1-4-13(12)15/h1-7,10-11,21H,8-9,20H2,(H,22,24)/t11-/m0/s1. The summed E-state index contributed by atoms with van der Waals surface area (Å²) < 4.78 is 0. The molecule has 0 aliphatic carbocycles. The number of H-pyrrole nitrogens is 1. The minimum absolute atomic E-state index is 0.0914. The van der Waals surface area contributed by atoms with Crippen molar-refractivity contribution in [2.45, 2.75) is 12.8 Å². The minimum Gasteiger partial charge on any atom is -0.398 e. The summed E-state index contributed by atoms with van der Waals surface area (Å²) in [4.78, 5) is 28.4.